The molecule has 0 N–H and O–H groups in total. The van der Waals surface area contributed by atoms with Crippen molar-refractivity contribution in [2.75, 3.05) is 7.05 Å². The first-order valence-electron chi connectivity index (χ1n) is 4.16. The van der Waals surface area contributed by atoms with E-state index in [1.165, 1.54) is 34.7 Å². The maximum absolute atomic E-state index is 10.3. The van der Waals surface area contributed by atoms with Crippen LogP contribution in [0.4, 0.5) is 0 Å². The Labute approximate surface area is 135 Å². The van der Waals surface area contributed by atoms with Gasteiger partial charge >= 0.3 is 0 Å². The fraction of sp³-hybridized carbons (Fsp3) is 0.545. The number of carbonyl (C=O) groups is 4. The van der Waals surface area contributed by atoms with Crippen molar-refractivity contribution >= 4 is 23.6 Å². The van der Waals surface area contributed by atoms with E-state index in [0.717, 1.165) is 4.90 Å². The van der Waals surface area contributed by atoms with Gasteiger partial charge in [0.2, 0.25) is 11.8 Å². The van der Waals surface area contributed by atoms with Crippen LogP contribution in [0.1, 0.15) is 35.1 Å². The average molecular weight is 335 g/mol. The fourth-order valence-corrected chi connectivity index (χ4v) is 0.443. The molecule has 7 heteroatoms. The van der Waals surface area contributed by atoms with Crippen LogP contribution in [-0.4, -0.2) is 35.6 Å². The molecule has 0 aromatic carbocycles. The minimum Gasteiger partial charge on any atom is -0.596 e. The van der Waals surface area contributed by atoms with E-state index >= 15 is 0 Å². The van der Waals surface area contributed by atoms with E-state index in [4.69, 9.17) is 0 Å². The van der Waals surface area contributed by atoms with Gasteiger partial charge in [-0.05, 0) is 13.8 Å². The van der Waals surface area contributed by atoms with Crippen molar-refractivity contribution < 1.29 is 51.9 Å². The van der Waals surface area contributed by atoms with Gasteiger partial charge in [0.1, 0.15) is 0 Å². The molecule has 0 fully saturated rings. The molecule has 0 saturated carbocycles. The predicted octanol–water partition coefficient (Wildman–Crippen LogP) is 1.55. The molecule has 0 aliphatic rings. The Bertz CT molecular complexity index is 254. The van der Waals surface area contributed by atoms with Crippen molar-refractivity contribution in [2.24, 2.45) is 0 Å². The summed E-state index contributed by atoms with van der Waals surface area (Å²) in [6, 6.07) is 0. The molecule has 0 heterocycles. The molecule has 0 saturated heterocycles. The van der Waals surface area contributed by atoms with Crippen LogP contribution in [0.2, 0.25) is 0 Å². The summed E-state index contributed by atoms with van der Waals surface area (Å²) in [5.74, 6) is -1.32. The Morgan fingerprint density at radius 3 is 1.06 bits per heavy atom. The van der Waals surface area contributed by atoms with Gasteiger partial charge in [-0.1, -0.05) is 7.43 Å². The van der Waals surface area contributed by atoms with Gasteiger partial charge in [-0.25, -0.2) is 0 Å². The van der Waals surface area contributed by atoms with E-state index in [2.05, 4.69) is 5.32 Å². The van der Waals surface area contributed by atoms with E-state index < -0.39 is 11.8 Å². The van der Waals surface area contributed by atoms with Gasteiger partial charge in [-0.15, -0.1) is 0 Å². The first-order valence-corrected chi connectivity index (χ1v) is 4.16. The molecule has 105 valence electrons. The molecule has 0 atom stereocenters. The van der Waals surface area contributed by atoms with Crippen molar-refractivity contribution in [2.45, 2.75) is 35.1 Å². The minimum atomic E-state index is -0.437. The van der Waals surface area contributed by atoms with Gasteiger partial charge in [0.25, 0.3) is 0 Å². The SMILES string of the molecule is C.CC(=O)N(C)C(C)=O.CC(=O)[N-]C(C)=O.[CH3-].[Y]. The van der Waals surface area contributed by atoms with Crippen LogP contribution in [0.15, 0.2) is 0 Å². The molecular weight excluding hydrogens is 313 g/mol. The Kier molecular flexibility index (Phi) is 27.7. The van der Waals surface area contributed by atoms with Crippen LogP contribution in [-0.2, 0) is 51.9 Å². The monoisotopic (exact) mass is 335 g/mol. The van der Waals surface area contributed by atoms with Crippen molar-refractivity contribution in [1.82, 2.24) is 4.90 Å². The fourth-order valence-electron chi connectivity index (χ4n) is 0.443. The number of imide groups is 2. The van der Waals surface area contributed by atoms with Gasteiger partial charge < -0.3 is 22.3 Å². The van der Waals surface area contributed by atoms with Crippen LogP contribution >= 0.6 is 0 Å². The molecule has 0 bridgehead atoms. The molecule has 6 nitrogen and oxygen atoms in total. The summed E-state index contributed by atoms with van der Waals surface area (Å²) in [6.45, 7) is 5.17. The molecule has 0 spiro atoms. The van der Waals surface area contributed by atoms with E-state index in [0.29, 0.717) is 0 Å². The number of carbonyl (C=O) groups excluding carboxylic acids is 4. The van der Waals surface area contributed by atoms with Crippen LogP contribution in [0.5, 0.6) is 0 Å². The normalized spacial score (nSPS) is 6.72. The first-order chi connectivity index (χ1) is 6.68. The summed E-state index contributed by atoms with van der Waals surface area (Å²) >= 11 is 0. The van der Waals surface area contributed by atoms with Gasteiger partial charge in [0.05, 0.1) is 11.8 Å². The van der Waals surface area contributed by atoms with Gasteiger partial charge in [-0.3, -0.25) is 14.5 Å². The third-order valence-corrected chi connectivity index (χ3v) is 1.26. The number of rotatable bonds is 0. The molecule has 0 rings (SSSR count). The van der Waals surface area contributed by atoms with Gasteiger partial charge in [0.15, 0.2) is 0 Å². The molecule has 1 radical (unpaired) electrons. The first kappa shape index (κ1) is 30.4. The zero-order valence-electron chi connectivity index (χ0n) is 11.1. The largest absolute Gasteiger partial charge is 0.596 e. The second-order valence-electron chi connectivity index (χ2n) is 2.75. The number of hydrogen-bond acceptors (Lipinski definition) is 4. The summed E-state index contributed by atoms with van der Waals surface area (Å²) in [5, 5.41) is 3.00. The average Bonchev–Trinajstić information content (AvgIpc) is 2.00. The Morgan fingerprint density at radius 1 is 0.833 bits per heavy atom. The smallest absolute Gasteiger partial charge is 0.225 e. The number of amides is 4. The topological polar surface area (TPSA) is 85.6 Å². The Balaban J connectivity index is -0.0000000540. The molecule has 0 aliphatic carbocycles. The Morgan fingerprint density at radius 2 is 1.06 bits per heavy atom. The van der Waals surface area contributed by atoms with E-state index in [-0.39, 0.29) is 59.4 Å². The summed E-state index contributed by atoms with van der Waals surface area (Å²) in [6.07, 6.45) is 0. The summed E-state index contributed by atoms with van der Waals surface area (Å²) < 4.78 is 0. The molecule has 0 unspecified atom stereocenters. The van der Waals surface area contributed by atoms with Crippen LogP contribution < -0.4 is 0 Å². The van der Waals surface area contributed by atoms with E-state index in [1.54, 1.807) is 0 Å². The second-order valence-corrected chi connectivity index (χ2v) is 2.75. The predicted molar refractivity (Wildman–Crippen MR) is 67.0 cm³/mol. The van der Waals surface area contributed by atoms with Crippen LogP contribution in [0, 0.1) is 7.43 Å². The Hall–Kier alpha value is -0.616. The zero-order valence-corrected chi connectivity index (χ0v) is 13.9. The van der Waals surface area contributed by atoms with Crippen molar-refractivity contribution in [3.8, 4) is 0 Å². The van der Waals surface area contributed by atoms with Crippen LogP contribution in [0.25, 0.3) is 5.32 Å². The van der Waals surface area contributed by atoms with Gasteiger partial charge in [0, 0.05) is 53.6 Å². The third kappa shape index (κ3) is 24.6. The minimum absolute atomic E-state index is 0. The third-order valence-electron chi connectivity index (χ3n) is 1.26. The number of nitrogens with zero attached hydrogens (tertiary/aromatic N) is 2. The number of hydrogen-bond donors (Lipinski definition) is 0. The van der Waals surface area contributed by atoms with Crippen molar-refractivity contribution in [1.29, 1.82) is 0 Å². The molecule has 0 aliphatic heterocycles. The van der Waals surface area contributed by atoms with E-state index in [1.807, 2.05) is 0 Å². The summed E-state index contributed by atoms with van der Waals surface area (Å²) in [7, 11) is 1.45. The summed E-state index contributed by atoms with van der Waals surface area (Å²) in [4.78, 5) is 41.4. The van der Waals surface area contributed by atoms with Gasteiger partial charge in [-0.2, -0.15) is 0 Å². The van der Waals surface area contributed by atoms with Crippen LogP contribution in [0.3, 0.4) is 0 Å². The molecule has 18 heavy (non-hydrogen) atoms. The second kappa shape index (κ2) is 16.4. The van der Waals surface area contributed by atoms with Crippen molar-refractivity contribution in [3.05, 3.63) is 12.7 Å². The summed E-state index contributed by atoms with van der Waals surface area (Å²) in [5.41, 5.74) is 0. The molecule has 0 aromatic rings. The molecule has 0 aromatic heterocycles. The maximum atomic E-state index is 10.3. The zero-order chi connectivity index (χ0) is 12.6. The standard InChI is InChI=1S/C5H9NO2.C4H7NO2.CH4.CH3.Y/c1-4(7)6(3)5(2)8;1-3(6)5-4(2)7;;;/h1-3H3;1-2H3,(H,5,6,7);1H4;1H3;/q;;;-1;/p-1. The van der Waals surface area contributed by atoms with E-state index in [9.17, 15) is 19.2 Å². The molecular formula is C11H22N2O4Y-2. The quantitative estimate of drug-likeness (QED) is 0.629. The van der Waals surface area contributed by atoms with Crippen molar-refractivity contribution in [3.63, 3.8) is 0 Å². The maximum Gasteiger partial charge on any atom is 0.225 e. The molecule has 4 amide bonds.